The number of nitrogens with zero attached hydrogens (tertiary/aromatic N) is 1. The molecule has 0 atom stereocenters. The molecule has 0 spiro atoms. The average molecular weight is 499 g/mol. The quantitative estimate of drug-likeness (QED) is 0.232. The van der Waals surface area contributed by atoms with E-state index in [0.717, 1.165) is 28.4 Å². The van der Waals surface area contributed by atoms with Gasteiger partial charge in [0.25, 0.3) is 0 Å². The number of ether oxygens (including phenoxy) is 1. The summed E-state index contributed by atoms with van der Waals surface area (Å²) in [5, 5.41) is 10.1. The van der Waals surface area contributed by atoms with Crippen molar-refractivity contribution in [3.05, 3.63) is 93.1 Å². The van der Waals surface area contributed by atoms with E-state index in [1.165, 1.54) is 12.1 Å². The van der Waals surface area contributed by atoms with Crippen molar-refractivity contribution in [2.45, 2.75) is 11.8 Å². The number of carboxylic acid groups (broad SMARTS) is 1. The number of carboxylic acids is 1. The summed E-state index contributed by atoms with van der Waals surface area (Å²) in [6.45, 7) is 0.288. The molecule has 31 heavy (non-hydrogen) atoms. The number of halogens is 2. The minimum atomic E-state index is -1.04. The maximum Gasteiger partial charge on any atom is 0.342 e. The zero-order valence-corrected chi connectivity index (χ0v) is 18.4. The molecule has 0 bridgehead atoms. The second kappa shape index (κ2) is 9.36. The Morgan fingerprint density at radius 3 is 2.65 bits per heavy atom. The van der Waals surface area contributed by atoms with Crippen LogP contribution in [0.4, 0.5) is 4.39 Å². The number of thioether (sulfide) groups is 1. The van der Waals surface area contributed by atoms with Crippen molar-refractivity contribution in [3.63, 3.8) is 0 Å². The molecule has 0 radical (unpaired) electrons. The molecule has 0 aliphatic rings. The Kier molecular flexibility index (Phi) is 6.39. The van der Waals surface area contributed by atoms with Gasteiger partial charge in [-0.2, -0.15) is 0 Å². The lowest BCUT2D eigenvalue weighted by Gasteiger charge is -2.09. The van der Waals surface area contributed by atoms with Crippen molar-refractivity contribution < 1.29 is 19.0 Å². The van der Waals surface area contributed by atoms with Crippen LogP contribution in [0.5, 0.6) is 5.75 Å². The Hall–Kier alpha value is -3.10. The van der Waals surface area contributed by atoms with Gasteiger partial charge < -0.3 is 14.8 Å². The van der Waals surface area contributed by atoms with Crippen LogP contribution in [0.25, 0.3) is 17.1 Å². The number of hydrogen-bond acceptors (Lipinski definition) is 4. The summed E-state index contributed by atoms with van der Waals surface area (Å²) in [7, 11) is 0. The third-order valence-corrected chi connectivity index (χ3v) is 5.87. The van der Waals surface area contributed by atoms with Crippen LogP contribution in [0.2, 0.25) is 0 Å². The number of para-hydroxylation sites is 2. The maximum atomic E-state index is 13.0. The first kappa shape index (κ1) is 21.1. The molecule has 156 valence electrons. The van der Waals surface area contributed by atoms with E-state index in [0.29, 0.717) is 20.9 Å². The van der Waals surface area contributed by atoms with Crippen LogP contribution in [0, 0.1) is 5.82 Å². The molecule has 3 aromatic carbocycles. The van der Waals surface area contributed by atoms with Gasteiger partial charge in [-0.3, -0.25) is 0 Å². The SMILES string of the molecule is O=C(O)/C(=C/c1ccc(OCc2ccc(F)cc2)c(Br)c1)Sc1nc2ccccc2[nH]1. The molecule has 0 saturated heterocycles. The molecule has 0 saturated carbocycles. The van der Waals surface area contributed by atoms with E-state index in [2.05, 4.69) is 25.9 Å². The number of rotatable bonds is 7. The van der Waals surface area contributed by atoms with E-state index in [-0.39, 0.29) is 17.3 Å². The van der Waals surface area contributed by atoms with Crippen molar-refractivity contribution in [1.29, 1.82) is 0 Å². The summed E-state index contributed by atoms with van der Waals surface area (Å²) in [5.41, 5.74) is 3.16. The number of nitrogens with one attached hydrogen (secondary N) is 1. The number of aliphatic carboxylic acids is 1. The second-order valence-electron chi connectivity index (χ2n) is 6.58. The van der Waals surface area contributed by atoms with E-state index < -0.39 is 5.97 Å². The summed E-state index contributed by atoms with van der Waals surface area (Å²) in [4.78, 5) is 19.4. The molecule has 0 aliphatic carbocycles. The van der Waals surface area contributed by atoms with Crippen LogP contribution in [0.1, 0.15) is 11.1 Å². The monoisotopic (exact) mass is 498 g/mol. The topological polar surface area (TPSA) is 75.2 Å². The number of hydrogen-bond donors (Lipinski definition) is 2. The van der Waals surface area contributed by atoms with Gasteiger partial charge in [-0.1, -0.05) is 30.3 Å². The zero-order chi connectivity index (χ0) is 21.8. The fourth-order valence-electron chi connectivity index (χ4n) is 2.83. The van der Waals surface area contributed by atoms with Crippen molar-refractivity contribution in [3.8, 4) is 5.75 Å². The van der Waals surface area contributed by atoms with Gasteiger partial charge in [0, 0.05) is 0 Å². The van der Waals surface area contributed by atoms with Crippen LogP contribution in [-0.2, 0) is 11.4 Å². The average Bonchev–Trinajstić information content (AvgIpc) is 3.16. The smallest absolute Gasteiger partial charge is 0.342 e. The molecular formula is C23H16BrFN2O3S. The predicted octanol–water partition coefficient (Wildman–Crippen LogP) is 6.26. The number of imidazole rings is 1. The molecule has 5 nitrogen and oxygen atoms in total. The standard InChI is InChI=1S/C23H16BrFN2O3S/c24-17-11-15(7-10-20(17)30-13-14-5-8-16(25)9-6-14)12-21(22(28)29)31-23-26-18-3-1-2-4-19(18)27-23/h1-12H,13H2,(H,26,27)(H,28,29)/b21-12-. The molecule has 0 fully saturated rings. The van der Waals surface area contributed by atoms with Crippen molar-refractivity contribution in [2.24, 2.45) is 0 Å². The van der Waals surface area contributed by atoms with Gasteiger partial charge in [0.15, 0.2) is 5.16 Å². The molecule has 0 amide bonds. The summed E-state index contributed by atoms with van der Waals surface area (Å²) in [5.74, 6) is -0.739. The van der Waals surface area contributed by atoms with E-state index >= 15 is 0 Å². The van der Waals surface area contributed by atoms with Crippen molar-refractivity contribution in [2.75, 3.05) is 0 Å². The van der Waals surface area contributed by atoms with E-state index in [4.69, 9.17) is 4.74 Å². The third kappa shape index (κ3) is 5.34. The number of carbonyl (C=O) groups is 1. The van der Waals surface area contributed by atoms with Gasteiger partial charge >= 0.3 is 5.97 Å². The molecule has 8 heteroatoms. The summed E-state index contributed by atoms with van der Waals surface area (Å²) >= 11 is 4.52. The highest BCUT2D eigenvalue weighted by Gasteiger charge is 2.13. The molecular weight excluding hydrogens is 483 g/mol. The Balaban J connectivity index is 1.50. The molecule has 0 unspecified atom stereocenters. The van der Waals surface area contributed by atoms with E-state index in [9.17, 15) is 14.3 Å². The number of H-pyrrole nitrogens is 1. The lowest BCUT2D eigenvalue weighted by Crippen LogP contribution is -1.98. The van der Waals surface area contributed by atoms with Gasteiger partial charge in [0.05, 0.1) is 15.5 Å². The molecule has 4 aromatic rings. The van der Waals surface area contributed by atoms with Crippen LogP contribution >= 0.6 is 27.7 Å². The Labute approximate surface area is 190 Å². The van der Waals surface area contributed by atoms with Crippen molar-refractivity contribution in [1.82, 2.24) is 9.97 Å². The van der Waals surface area contributed by atoms with Gasteiger partial charge in [-0.05, 0) is 81.3 Å². The Morgan fingerprint density at radius 1 is 1.16 bits per heavy atom. The first-order valence-electron chi connectivity index (χ1n) is 9.22. The summed E-state index contributed by atoms with van der Waals surface area (Å²) < 4.78 is 19.5. The first-order valence-corrected chi connectivity index (χ1v) is 10.8. The lowest BCUT2D eigenvalue weighted by atomic mass is 10.2. The summed E-state index contributed by atoms with van der Waals surface area (Å²) in [6, 6.07) is 18.9. The Bertz CT molecular complexity index is 1240. The fourth-order valence-corrected chi connectivity index (χ4v) is 4.14. The number of fused-ring (bicyclic) bond motifs is 1. The predicted molar refractivity (Wildman–Crippen MR) is 122 cm³/mol. The van der Waals surface area contributed by atoms with Crippen molar-refractivity contribution >= 4 is 50.8 Å². The maximum absolute atomic E-state index is 13.0. The zero-order valence-electron chi connectivity index (χ0n) is 16.0. The van der Waals surface area contributed by atoms with E-state index in [1.807, 2.05) is 24.3 Å². The minimum absolute atomic E-state index is 0.130. The van der Waals surface area contributed by atoms with Crippen LogP contribution in [0.3, 0.4) is 0 Å². The van der Waals surface area contributed by atoms with Crippen LogP contribution in [-0.4, -0.2) is 21.0 Å². The van der Waals surface area contributed by atoms with Gasteiger partial charge in [0.2, 0.25) is 0 Å². The number of aromatic nitrogens is 2. The number of benzene rings is 3. The van der Waals surface area contributed by atoms with E-state index in [1.54, 1.807) is 36.4 Å². The number of aromatic amines is 1. The molecule has 0 aliphatic heterocycles. The lowest BCUT2D eigenvalue weighted by molar-refractivity contribution is -0.131. The molecule has 1 aromatic heterocycles. The van der Waals surface area contributed by atoms with Gasteiger partial charge in [-0.15, -0.1) is 0 Å². The highest BCUT2D eigenvalue weighted by molar-refractivity contribution is 9.10. The largest absolute Gasteiger partial charge is 0.488 e. The van der Waals surface area contributed by atoms with Gasteiger partial charge in [-0.25, -0.2) is 14.2 Å². The molecule has 1 heterocycles. The van der Waals surface area contributed by atoms with Crippen LogP contribution < -0.4 is 4.74 Å². The first-order chi connectivity index (χ1) is 15.0. The molecule has 4 rings (SSSR count). The fraction of sp³-hybridized carbons (Fsp3) is 0.0435. The minimum Gasteiger partial charge on any atom is -0.488 e. The molecule has 2 N–H and O–H groups in total. The highest BCUT2D eigenvalue weighted by Crippen LogP contribution is 2.31. The van der Waals surface area contributed by atoms with Crippen LogP contribution in [0.15, 0.2) is 81.3 Å². The summed E-state index contributed by atoms with van der Waals surface area (Å²) in [6.07, 6.45) is 1.58. The highest BCUT2D eigenvalue weighted by atomic mass is 79.9. The second-order valence-corrected chi connectivity index (χ2v) is 8.46. The normalized spacial score (nSPS) is 11.6. The van der Waals surface area contributed by atoms with Gasteiger partial charge in [0.1, 0.15) is 23.1 Å². The Morgan fingerprint density at radius 2 is 1.94 bits per heavy atom. The third-order valence-electron chi connectivity index (χ3n) is 4.35.